The number of hydrogen-bond donors (Lipinski definition) is 1. The van der Waals surface area contributed by atoms with Crippen molar-refractivity contribution in [3.8, 4) is 0 Å². The molecule has 6 nitrogen and oxygen atoms in total. The average molecular weight is 469 g/mol. The highest BCUT2D eigenvalue weighted by Crippen LogP contribution is 2.28. The van der Waals surface area contributed by atoms with Crippen LogP contribution in [0.2, 0.25) is 20.1 Å². The van der Waals surface area contributed by atoms with E-state index in [4.69, 9.17) is 46.4 Å². The first-order valence-corrected chi connectivity index (χ1v) is 10.6. The zero-order valence-electron chi connectivity index (χ0n) is 13.8. The van der Waals surface area contributed by atoms with Gasteiger partial charge in [0.05, 0.1) is 38.2 Å². The van der Waals surface area contributed by atoms with Crippen molar-refractivity contribution in [3.63, 3.8) is 0 Å². The molecule has 144 valence electrons. The van der Waals surface area contributed by atoms with Crippen molar-refractivity contribution in [2.75, 3.05) is 17.1 Å². The molecule has 2 aromatic carbocycles. The molecule has 27 heavy (non-hydrogen) atoms. The molecule has 2 rings (SSSR count). The molecule has 0 spiro atoms. The second kappa shape index (κ2) is 9.12. The lowest BCUT2D eigenvalue weighted by Gasteiger charge is -2.21. The fourth-order valence-corrected chi connectivity index (χ4v) is 3.42. The van der Waals surface area contributed by atoms with Gasteiger partial charge in [-0.3, -0.25) is 9.10 Å². The lowest BCUT2D eigenvalue weighted by Crippen LogP contribution is -2.39. The molecule has 0 aromatic heterocycles. The molecule has 1 N–H and O–H groups in total. The van der Waals surface area contributed by atoms with E-state index in [0.717, 1.165) is 10.6 Å². The van der Waals surface area contributed by atoms with Crippen LogP contribution in [0.15, 0.2) is 41.5 Å². The SMILES string of the molecule is CS(=O)(=O)N(CC(=O)N/N=C\c1ccc(Cl)c(Cl)c1)c1ccc(Cl)c(Cl)c1. The Kier molecular flexibility index (Phi) is 7.36. The highest BCUT2D eigenvalue weighted by atomic mass is 35.5. The summed E-state index contributed by atoms with van der Waals surface area (Å²) < 4.78 is 25.0. The molecule has 0 fully saturated rings. The fraction of sp³-hybridized carbons (Fsp3) is 0.125. The van der Waals surface area contributed by atoms with Crippen molar-refractivity contribution in [2.45, 2.75) is 0 Å². The first-order chi connectivity index (χ1) is 12.6. The molecule has 0 heterocycles. The number of nitrogens with zero attached hydrogens (tertiary/aromatic N) is 2. The molecule has 0 saturated heterocycles. The lowest BCUT2D eigenvalue weighted by atomic mass is 10.2. The topological polar surface area (TPSA) is 78.8 Å². The van der Waals surface area contributed by atoms with Crippen LogP contribution in [0.25, 0.3) is 0 Å². The maximum atomic E-state index is 12.1. The van der Waals surface area contributed by atoms with E-state index < -0.39 is 22.5 Å². The standard InChI is InChI=1S/C16H13Cl4N3O3S/c1-27(25,26)23(11-3-5-13(18)15(20)7-11)9-16(24)22-21-8-10-2-4-12(17)14(19)6-10/h2-8H,9H2,1H3,(H,22,24)/b21-8-. The minimum absolute atomic E-state index is 0.167. The zero-order valence-corrected chi connectivity index (χ0v) is 17.6. The Morgan fingerprint density at radius 3 is 2.19 bits per heavy atom. The van der Waals surface area contributed by atoms with E-state index in [0.29, 0.717) is 15.6 Å². The van der Waals surface area contributed by atoms with E-state index in [-0.39, 0.29) is 15.7 Å². The monoisotopic (exact) mass is 467 g/mol. The first kappa shape index (κ1) is 21.8. The van der Waals surface area contributed by atoms with Crippen LogP contribution in [0.5, 0.6) is 0 Å². The average Bonchev–Trinajstić information content (AvgIpc) is 2.57. The molecule has 0 unspecified atom stereocenters. The van der Waals surface area contributed by atoms with E-state index in [2.05, 4.69) is 10.5 Å². The summed E-state index contributed by atoms with van der Waals surface area (Å²) in [5.41, 5.74) is 3.06. The van der Waals surface area contributed by atoms with Crippen molar-refractivity contribution >= 4 is 74.2 Å². The van der Waals surface area contributed by atoms with Gasteiger partial charge in [0.1, 0.15) is 6.54 Å². The Balaban J connectivity index is 2.11. The van der Waals surface area contributed by atoms with Crippen LogP contribution in [-0.2, 0) is 14.8 Å². The molecule has 0 radical (unpaired) electrons. The van der Waals surface area contributed by atoms with Gasteiger partial charge in [-0.2, -0.15) is 5.10 Å². The summed E-state index contributed by atoms with van der Waals surface area (Å²) in [7, 11) is -3.74. The van der Waals surface area contributed by atoms with Gasteiger partial charge in [-0.1, -0.05) is 52.5 Å². The van der Waals surface area contributed by atoms with E-state index in [1.165, 1.54) is 24.4 Å². The number of nitrogens with one attached hydrogen (secondary N) is 1. The number of carbonyl (C=O) groups is 1. The molecule has 11 heteroatoms. The predicted octanol–water partition coefficient (Wildman–Crippen LogP) is 4.22. The van der Waals surface area contributed by atoms with Gasteiger partial charge in [0, 0.05) is 0 Å². The summed E-state index contributed by atoms with van der Waals surface area (Å²) >= 11 is 23.5. The molecule has 0 aliphatic rings. The molecule has 0 aliphatic carbocycles. The molecular formula is C16H13Cl4N3O3S. The van der Waals surface area contributed by atoms with Gasteiger partial charge in [-0.05, 0) is 35.9 Å². The van der Waals surface area contributed by atoms with Crippen LogP contribution in [0.3, 0.4) is 0 Å². The van der Waals surface area contributed by atoms with Crippen molar-refractivity contribution in [1.29, 1.82) is 0 Å². The van der Waals surface area contributed by atoms with Crippen molar-refractivity contribution in [2.24, 2.45) is 5.10 Å². The van der Waals surface area contributed by atoms with Gasteiger partial charge in [-0.15, -0.1) is 0 Å². The third-order valence-electron chi connectivity index (χ3n) is 3.23. The number of rotatable bonds is 6. The molecular weight excluding hydrogens is 456 g/mol. The third-order valence-corrected chi connectivity index (χ3v) is 5.84. The van der Waals surface area contributed by atoms with E-state index in [1.54, 1.807) is 18.2 Å². The van der Waals surface area contributed by atoms with Gasteiger partial charge in [0.2, 0.25) is 10.0 Å². The van der Waals surface area contributed by atoms with E-state index >= 15 is 0 Å². The minimum Gasteiger partial charge on any atom is -0.271 e. The molecule has 0 saturated carbocycles. The Hall–Kier alpha value is -1.51. The van der Waals surface area contributed by atoms with Crippen molar-refractivity contribution < 1.29 is 13.2 Å². The second-order valence-electron chi connectivity index (χ2n) is 5.33. The van der Waals surface area contributed by atoms with Crippen LogP contribution in [-0.4, -0.2) is 33.3 Å². The highest BCUT2D eigenvalue weighted by molar-refractivity contribution is 7.92. The summed E-state index contributed by atoms with van der Waals surface area (Å²) in [5.74, 6) is -0.650. The Morgan fingerprint density at radius 1 is 1.04 bits per heavy atom. The summed E-state index contributed by atoms with van der Waals surface area (Å²) in [6.45, 7) is -0.491. The van der Waals surface area contributed by atoms with Gasteiger partial charge in [0.15, 0.2) is 0 Å². The number of carbonyl (C=O) groups excluding carboxylic acids is 1. The predicted molar refractivity (Wildman–Crippen MR) is 111 cm³/mol. The van der Waals surface area contributed by atoms with Crippen LogP contribution in [0.1, 0.15) is 5.56 Å². The summed E-state index contributed by atoms with van der Waals surface area (Å²) in [4.78, 5) is 12.1. The van der Waals surface area contributed by atoms with Crippen molar-refractivity contribution in [1.82, 2.24) is 5.43 Å². The van der Waals surface area contributed by atoms with E-state index in [9.17, 15) is 13.2 Å². The van der Waals surface area contributed by atoms with E-state index in [1.807, 2.05) is 0 Å². The summed E-state index contributed by atoms with van der Waals surface area (Å²) in [5, 5.41) is 4.95. The summed E-state index contributed by atoms with van der Waals surface area (Å²) in [6, 6.07) is 9.06. The lowest BCUT2D eigenvalue weighted by molar-refractivity contribution is -0.119. The van der Waals surface area contributed by atoms with Crippen LogP contribution >= 0.6 is 46.4 Å². The molecule has 0 aliphatic heterocycles. The molecule has 0 bridgehead atoms. The summed E-state index contributed by atoms with van der Waals surface area (Å²) in [6.07, 6.45) is 2.33. The smallest absolute Gasteiger partial charge is 0.260 e. The maximum absolute atomic E-state index is 12.1. The number of halogens is 4. The van der Waals surface area contributed by atoms with Crippen LogP contribution in [0.4, 0.5) is 5.69 Å². The molecule has 0 atom stereocenters. The zero-order chi connectivity index (χ0) is 20.2. The molecule has 2 aromatic rings. The number of amides is 1. The van der Waals surface area contributed by atoms with Gasteiger partial charge >= 0.3 is 0 Å². The maximum Gasteiger partial charge on any atom is 0.260 e. The number of anilines is 1. The second-order valence-corrected chi connectivity index (χ2v) is 8.87. The number of benzene rings is 2. The quantitative estimate of drug-likeness (QED) is 0.509. The van der Waals surface area contributed by atoms with Gasteiger partial charge in [0.25, 0.3) is 5.91 Å². The highest BCUT2D eigenvalue weighted by Gasteiger charge is 2.21. The van der Waals surface area contributed by atoms with Crippen molar-refractivity contribution in [3.05, 3.63) is 62.1 Å². The van der Waals surface area contributed by atoms with Gasteiger partial charge < -0.3 is 0 Å². The Morgan fingerprint density at radius 2 is 1.63 bits per heavy atom. The minimum atomic E-state index is -3.74. The largest absolute Gasteiger partial charge is 0.271 e. The van der Waals surface area contributed by atoms with Gasteiger partial charge in [-0.25, -0.2) is 13.8 Å². The number of sulfonamides is 1. The third kappa shape index (κ3) is 6.26. The normalized spacial score (nSPS) is 11.6. The van der Waals surface area contributed by atoms with Crippen LogP contribution < -0.4 is 9.73 Å². The molecule has 1 amide bonds. The Bertz CT molecular complexity index is 996. The first-order valence-electron chi connectivity index (χ1n) is 7.27. The number of hydrazone groups is 1. The number of hydrogen-bond acceptors (Lipinski definition) is 4. The van der Waals surface area contributed by atoms with Crippen LogP contribution in [0, 0.1) is 0 Å². The Labute approximate surface area is 176 Å². The fourth-order valence-electron chi connectivity index (χ4n) is 1.98.